The lowest BCUT2D eigenvalue weighted by atomic mass is 9.81. The third-order valence-electron chi connectivity index (χ3n) is 8.41. The normalized spacial score (nSPS) is 17.4. The van der Waals surface area contributed by atoms with E-state index in [1.807, 2.05) is 45.9 Å². The van der Waals surface area contributed by atoms with Crippen LogP contribution in [0.5, 0.6) is 0 Å². The number of carbonyl (C=O) groups excluding carboxylic acids is 2. The molecule has 1 spiro atoms. The first-order chi connectivity index (χ1) is 21.2. The Hall–Kier alpha value is -4.88. The van der Waals surface area contributed by atoms with Gasteiger partial charge in [0.05, 0.1) is 18.4 Å². The fourth-order valence-electron chi connectivity index (χ4n) is 6.12. The Bertz CT molecular complexity index is 1660. The summed E-state index contributed by atoms with van der Waals surface area (Å²) in [6.07, 6.45) is 5.68. The molecule has 4 aromatic heterocycles. The molecule has 2 N–H and O–H groups in total. The summed E-state index contributed by atoms with van der Waals surface area (Å²) < 4.78 is 14.8. The van der Waals surface area contributed by atoms with Crippen LogP contribution in [-0.2, 0) is 9.59 Å². The van der Waals surface area contributed by atoms with Gasteiger partial charge in [0, 0.05) is 49.4 Å². The molecule has 2 saturated heterocycles. The van der Waals surface area contributed by atoms with Gasteiger partial charge in [0.1, 0.15) is 17.9 Å². The zero-order valence-corrected chi connectivity index (χ0v) is 25.3. The summed E-state index contributed by atoms with van der Waals surface area (Å²) in [6.45, 7) is 9.32. The molecule has 44 heavy (non-hydrogen) atoms. The molecule has 230 valence electrons. The molecule has 0 bridgehead atoms. The molecule has 1 atom stereocenters. The van der Waals surface area contributed by atoms with Crippen molar-refractivity contribution in [1.82, 2.24) is 44.7 Å². The topological polar surface area (TPSA) is 141 Å². The maximum absolute atomic E-state index is 14.4. The summed E-state index contributed by atoms with van der Waals surface area (Å²) in [5.41, 5.74) is 1.57. The van der Waals surface area contributed by atoms with Gasteiger partial charge in [-0.05, 0) is 51.7 Å². The molecule has 1 unspecified atom stereocenters. The molecule has 2 fully saturated rings. The number of piperazine rings is 1. The molecule has 2 aliphatic heterocycles. The molecule has 0 saturated carbocycles. The standard InChI is InChI=1S/C30H36FN11O2/c1-5-10-41-27(43)18-40(21(4)22-6-7-26(32-15-22)42-17-23(31)16-33-42)28(44)30(41)8-11-39(12-9-30)29-34-19(2)13-24(36-29)35-25-14-20(3)37-38-25/h6-7,13-17,21H,5,8-12,18H2,1-4H3,(H2,34,35,36,37,38). The fourth-order valence-corrected chi connectivity index (χ4v) is 6.12. The van der Waals surface area contributed by atoms with Crippen LogP contribution in [0.3, 0.4) is 0 Å². The molecule has 2 aliphatic rings. The van der Waals surface area contributed by atoms with Crippen LogP contribution in [-0.4, -0.2) is 88.3 Å². The number of carbonyl (C=O) groups is 2. The molecular formula is C30H36FN11O2. The molecule has 0 aromatic carbocycles. The van der Waals surface area contributed by atoms with Crippen molar-refractivity contribution in [3.8, 4) is 5.82 Å². The summed E-state index contributed by atoms with van der Waals surface area (Å²) in [5, 5.41) is 14.3. The van der Waals surface area contributed by atoms with Crippen LogP contribution in [0.1, 0.15) is 56.1 Å². The summed E-state index contributed by atoms with van der Waals surface area (Å²) >= 11 is 0. The molecule has 6 rings (SSSR count). The van der Waals surface area contributed by atoms with E-state index in [2.05, 4.69) is 35.5 Å². The fraction of sp³-hybridized carbons (Fsp3) is 0.433. The van der Waals surface area contributed by atoms with Gasteiger partial charge >= 0.3 is 0 Å². The molecular weight excluding hydrogens is 565 g/mol. The lowest BCUT2D eigenvalue weighted by Gasteiger charge is -2.53. The first-order valence-corrected chi connectivity index (χ1v) is 14.8. The number of pyridine rings is 1. The number of nitrogens with zero attached hydrogens (tertiary/aromatic N) is 9. The SMILES string of the molecule is CCCN1C(=O)CN(C(C)c2ccc(-n3cc(F)cn3)nc2)C(=O)C12CCN(c1nc(C)cc(Nc3cc(C)[nH]n3)n1)CC2. The number of halogens is 1. The highest BCUT2D eigenvalue weighted by molar-refractivity contribution is 5.98. The molecule has 0 radical (unpaired) electrons. The molecule has 13 nitrogen and oxygen atoms in total. The minimum Gasteiger partial charge on any atom is -0.341 e. The number of aromatic nitrogens is 7. The van der Waals surface area contributed by atoms with Crippen molar-refractivity contribution in [3.63, 3.8) is 0 Å². The first-order valence-electron chi connectivity index (χ1n) is 14.8. The van der Waals surface area contributed by atoms with Crippen LogP contribution in [0, 0.1) is 19.7 Å². The quantitative estimate of drug-likeness (QED) is 0.311. The second-order valence-electron chi connectivity index (χ2n) is 11.5. The Morgan fingerprint density at radius 2 is 1.89 bits per heavy atom. The number of amides is 2. The smallest absolute Gasteiger partial charge is 0.249 e. The van der Waals surface area contributed by atoms with Crippen LogP contribution < -0.4 is 10.2 Å². The van der Waals surface area contributed by atoms with Crippen molar-refractivity contribution in [3.05, 3.63) is 65.6 Å². The molecule has 4 aromatic rings. The van der Waals surface area contributed by atoms with E-state index in [0.29, 0.717) is 55.9 Å². The van der Waals surface area contributed by atoms with Gasteiger partial charge in [-0.15, -0.1) is 0 Å². The maximum atomic E-state index is 14.4. The molecule has 2 amide bonds. The van der Waals surface area contributed by atoms with E-state index < -0.39 is 11.4 Å². The highest BCUT2D eigenvalue weighted by Crippen LogP contribution is 2.38. The van der Waals surface area contributed by atoms with E-state index in [0.717, 1.165) is 29.6 Å². The largest absolute Gasteiger partial charge is 0.341 e. The van der Waals surface area contributed by atoms with Crippen molar-refractivity contribution >= 4 is 29.4 Å². The Balaban J connectivity index is 1.21. The van der Waals surface area contributed by atoms with Crippen LogP contribution in [0.15, 0.2) is 42.9 Å². The lowest BCUT2D eigenvalue weighted by Crippen LogP contribution is -2.71. The number of piperidine rings is 1. The Kier molecular flexibility index (Phi) is 7.74. The van der Waals surface area contributed by atoms with Gasteiger partial charge in [0.25, 0.3) is 0 Å². The number of nitrogens with one attached hydrogen (secondary N) is 2. The van der Waals surface area contributed by atoms with E-state index in [-0.39, 0.29) is 24.4 Å². The number of anilines is 3. The summed E-state index contributed by atoms with van der Waals surface area (Å²) in [4.78, 5) is 47.4. The number of aromatic amines is 1. The van der Waals surface area contributed by atoms with E-state index in [1.54, 1.807) is 22.1 Å². The van der Waals surface area contributed by atoms with Crippen molar-refractivity contribution in [2.75, 3.05) is 36.4 Å². The van der Waals surface area contributed by atoms with Crippen LogP contribution >= 0.6 is 0 Å². The molecule has 6 heterocycles. The van der Waals surface area contributed by atoms with Gasteiger partial charge in [-0.25, -0.2) is 19.0 Å². The van der Waals surface area contributed by atoms with Gasteiger partial charge in [-0.2, -0.15) is 15.2 Å². The van der Waals surface area contributed by atoms with Crippen LogP contribution in [0.2, 0.25) is 0 Å². The average molecular weight is 602 g/mol. The summed E-state index contributed by atoms with van der Waals surface area (Å²) in [6, 6.07) is 6.93. The van der Waals surface area contributed by atoms with Gasteiger partial charge in [-0.1, -0.05) is 13.0 Å². The number of hydrogen-bond donors (Lipinski definition) is 2. The zero-order chi connectivity index (χ0) is 31.0. The number of aryl methyl sites for hydroxylation is 2. The minimum atomic E-state index is -0.951. The van der Waals surface area contributed by atoms with Crippen LogP contribution in [0.4, 0.5) is 22.0 Å². The van der Waals surface area contributed by atoms with Gasteiger partial charge in [-0.3, -0.25) is 14.7 Å². The predicted octanol–water partition coefficient (Wildman–Crippen LogP) is 3.46. The van der Waals surface area contributed by atoms with E-state index in [4.69, 9.17) is 4.98 Å². The maximum Gasteiger partial charge on any atom is 0.249 e. The van der Waals surface area contributed by atoms with Gasteiger partial charge < -0.3 is 20.0 Å². The van der Waals surface area contributed by atoms with E-state index >= 15 is 0 Å². The van der Waals surface area contributed by atoms with Crippen molar-refractivity contribution in [2.24, 2.45) is 0 Å². The molecule has 0 aliphatic carbocycles. The Morgan fingerprint density at radius 1 is 1.09 bits per heavy atom. The van der Waals surface area contributed by atoms with Crippen LogP contribution in [0.25, 0.3) is 5.82 Å². The highest BCUT2D eigenvalue weighted by atomic mass is 19.1. The molecule has 14 heteroatoms. The summed E-state index contributed by atoms with van der Waals surface area (Å²) in [5.74, 6) is 1.76. The third-order valence-corrected chi connectivity index (χ3v) is 8.41. The monoisotopic (exact) mass is 601 g/mol. The zero-order valence-electron chi connectivity index (χ0n) is 25.3. The van der Waals surface area contributed by atoms with Gasteiger partial charge in [0.15, 0.2) is 17.5 Å². The number of rotatable bonds is 8. The second kappa shape index (κ2) is 11.7. The third kappa shape index (κ3) is 5.47. The highest BCUT2D eigenvalue weighted by Gasteiger charge is 2.54. The van der Waals surface area contributed by atoms with Crippen molar-refractivity contribution in [1.29, 1.82) is 0 Å². The first kappa shape index (κ1) is 29.2. The average Bonchev–Trinajstić information content (AvgIpc) is 3.64. The Labute approximate surface area is 254 Å². The van der Waals surface area contributed by atoms with Gasteiger partial charge in [0.2, 0.25) is 17.8 Å². The number of hydrogen-bond acceptors (Lipinski definition) is 9. The summed E-state index contributed by atoms with van der Waals surface area (Å²) in [7, 11) is 0. The second-order valence-corrected chi connectivity index (χ2v) is 11.5. The van der Waals surface area contributed by atoms with E-state index in [1.165, 1.54) is 10.9 Å². The lowest BCUT2D eigenvalue weighted by molar-refractivity contribution is -0.169. The Morgan fingerprint density at radius 3 is 2.52 bits per heavy atom. The minimum absolute atomic E-state index is 0.000266. The number of H-pyrrole nitrogens is 1. The van der Waals surface area contributed by atoms with E-state index in [9.17, 15) is 14.0 Å². The predicted molar refractivity (Wildman–Crippen MR) is 161 cm³/mol. The van der Waals surface area contributed by atoms with Crippen molar-refractivity contribution < 1.29 is 14.0 Å². The van der Waals surface area contributed by atoms with Crippen molar-refractivity contribution in [2.45, 2.75) is 58.5 Å².